The fourth-order valence-electron chi connectivity index (χ4n) is 2.36. The average Bonchev–Trinajstić information content (AvgIpc) is 2.55. The third-order valence-corrected chi connectivity index (χ3v) is 3.60. The Kier molecular flexibility index (Phi) is 7.14. The van der Waals surface area contributed by atoms with Crippen molar-refractivity contribution in [1.82, 2.24) is 5.32 Å². The minimum atomic E-state index is -0.505. The maximum Gasteiger partial charge on any atom is 0.340 e. The van der Waals surface area contributed by atoms with Crippen LogP contribution in [-0.2, 0) is 9.53 Å². The zero-order valence-electron chi connectivity index (χ0n) is 12.7. The van der Waals surface area contributed by atoms with Gasteiger partial charge in [0, 0.05) is 5.92 Å². The standard InChI is InChI=1S/C15H20N2O4.ClH/c1-20-11-3-4-13(12(9-11)15(19)21-2)17-14(18)10-5-7-16-8-6-10;/h3-4,9-10,16H,5-8H2,1-2H3,(H,17,18);1H. The molecule has 0 unspecified atom stereocenters. The van der Waals surface area contributed by atoms with Crippen LogP contribution in [0.1, 0.15) is 23.2 Å². The van der Waals surface area contributed by atoms with Gasteiger partial charge in [0.2, 0.25) is 5.91 Å². The predicted octanol–water partition coefficient (Wildman–Crippen LogP) is 1.84. The van der Waals surface area contributed by atoms with E-state index < -0.39 is 5.97 Å². The average molecular weight is 329 g/mol. The molecule has 0 aromatic heterocycles. The number of ether oxygens (including phenoxy) is 2. The van der Waals surface area contributed by atoms with E-state index in [1.807, 2.05) is 0 Å². The molecular weight excluding hydrogens is 308 g/mol. The minimum Gasteiger partial charge on any atom is -0.497 e. The number of hydrogen-bond donors (Lipinski definition) is 2. The number of carbonyl (C=O) groups excluding carboxylic acids is 2. The van der Waals surface area contributed by atoms with Crippen molar-refractivity contribution in [1.29, 1.82) is 0 Å². The van der Waals surface area contributed by atoms with E-state index in [2.05, 4.69) is 10.6 Å². The highest BCUT2D eigenvalue weighted by atomic mass is 35.5. The Balaban J connectivity index is 0.00000242. The molecule has 1 saturated heterocycles. The zero-order chi connectivity index (χ0) is 15.2. The maximum atomic E-state index is 12.3. The second kappa shape index (κ2) is 8.60. The summed E-state index contributed by atoms with van der Waals surface area (Å²) in [5, 5.41) is 6.04. The molecule has 0 radical (unpaired) electrons. The quantitative estimate of drug-likeness (QED) is 0.825. The van der Waals surface area contributed by atoms with Crippen molar-refractivity contribution in [3.8, 4) is 5.75 Å². The zero-order valence-corrected chi connectivity index (χ0v) is 13.5. The van der Waals surface area contributed by atoms with E-state index in [1.54, 1.807) is 18.2 Å². The number of piperidine rings is 1. The number of rotatable bonds is 4. The first-order chi connectivity index (χ1) is 10.2. The highest BCUT2D eigenvalue weighted by Gasteiger charge is 2.23. The third-order valence-electron chi connectivity index (χ3n) is 3.60. The second-order valence-electron chi connectivity index (χ2n) is 4.92. The van der Waals surface area contributed by atoms with Gasteiger partial charge >= 0.3 is 5.97 Å². The Bertz CT molecular complexity index is 530. The van der Waals surface area contributed by atoms with Gasteiger partial charge in [-0.1, -0.05) is 0 Å². The maximum absolute atomic E-state index is 12.3. The molecule has 1 aromatic carbocycles. The summed E-state index contributed by atoms with van der Waals surface area (Å²) in [6.45, 7) is 1.68. The molecular formula is C15H21ClN2O4. The molecule has 1 aromatic rings. The molecule has 22 heavy (non-hydrogen) atoms. The van der Waals surface area contributed by atoms with Gasteiger partial charge in [-0.15, -0.1) is 12.4 Å². The van der Waals surface area contributed by atoms with Crippen LogP contribution in [0.2, 0.25) is 0 Å². The van der Waals surface area contributed by atoms with Crippen LogP contribution < -0.4 is 15.4 Å². The molecule has 1 aliphatic rings. The molecule has 2 rings (SSSR count). The van der Waals surface area contributed by atoms with Crippen molar-refractivity contribution in [2.24, 2.45) is 5.92 Å². The molecule has 1 aliphatic heterocycles. The third kappa shape index (κ3) is 4.35. The van der Waals surface area contributed by atoms with Crippen LogP contribution in [-0.4, -0.2) is 39.2 Å². The van der Waals surface area contributed by atoms with E-state index >= 15 is 0 Å². The number of carbonyl (C=O) groups is 2. The fourth-order valence-corrected chi connectivity index (χ4v) is 2.36. The van der Waals surface area contributed by atoms with Gasteiger partial charge < -0.3 is 20.1 Å². The summed E-state index contributed by atoms with van der Waals surface area (Å²) in [4.78, 5) is 24.1. The summed E-state index contributed by atoms with van der Waals surface area (Å²) in [7, 11) is 2.82. The summed E-state index contributed by atoms with van der Waals surface area (Å²) < 4.78 is 9.84. The van der Waals surface area contributed by atoms with Crippen molar-refractivity contribution >= 4 is 30.0 Å². The Morgan fingerprint density at radius 2 is 1.91 bits per heavy atom. The number of methoxy groups -OCH3 is 2. The SMILES string of the molecule is COC(=O)c1cc(OC)ccc1NC(=O)C1CCNCC1.Cl. The first-order valence-electron chi connectivity index (χ1n) is 6.93. The van der Waals surface area contributed by atoms with Crippen molar-refractivity contribution in [3.05, 3.63) is 23.8 Å². The highest BCUT2D eigenvalue weighted by molar-refractivity contribution is 6.02. The number of nitrogens with one attached hydrogen (secondary N) is 2. The molecule has 1 heterocycles. The molecule has 0 spiro atoms. The van der Waals surface area contributed by atoms with Crippen molar-refractivity contribution in [2.75, 3.05) is 32.6 Å². The monoisotopic (exact) mass is 328 g/mol. The van der Waals surface area contributed by atoms with E-state index in [0.29, 0.717) is 17.0 Å². The lowest BCUT2D eigenvalue weighted by Crippen LogP contribution is -2.34. The molecule has 0 atom stereocenters. The van der Waals surface area contributed by atoms with Crippen LogP contribution in [0, 0.1) is 5.92 Å². The van der Waals surface area contributed by atoms with E-state index in [-0.39, 0.29) is 24.2 Å². The van der Waals surface area contributed by atoms with Crippen molar-refractivity contribution in [2.45, 2.75) is 12.8 Å². The van der Waals surface area contributed by atoms with Gasteiger partial charge in [0.15, 0.2) is 0 Å². The normalized spacial score (nSPS) is 14.6. The first kappa shape index (κ1) is 18.3. The van der Waals surface area contributed by atoms with Gasteiger partial charge in [-0.05, 0) is 44.1 Å². The molecule has 122 valence electrons. The summed E-state index contributed by atoms with van der Waals surface area (Å²) in [5.41, 5.74) is 0.741. The number of esters is 1. The van der Waals surface area contributed by atoms with Gasteiger partial charge in [-0.3, -0.25) is 4.79 Å². The van der Waals surface area contributed by atoms with Gasteiger partial charge in [-0.25, -0.2) is 4.79 Å². The lowest BCUT2D eigenvalue weighted by Gasteiger charge is -2.22. The largest absolute Gasteiger partial charge is 0.497 e. The highest BCUT2D eigenvalue weighted by Crippen LogP contribution is 2.24. The Labute approximate surface area is 136 Å². The molecule has 7 heteroatoms. The first-order valence-corrected chi connectivity index (χ1v) is 6.93. The second-order valence-corrected chi connectivity index (χ2v) is 4.92. The fraction of sp³-hybridized carbons (Fsp3) is 0.467. The van der Waals surface area contributed by atoms with Crippen LogP contribution in [0.3, 0.4) is 0 Å². The molecule has 0 saturated carbocycles. The van der Waals surface area contributed by atoms with E-state index in [0.717, 1.165) is 25.9 Å². The predicted molar refractivity (Wildman–Crippen MR) is 85.8 cm³/mol. The van der Waals surface area contributed by atoms with Crippen LogP contribution in [0.5, 0.6) is 5.75 Å². The van der Waals surface area contributed by atoms with Crippen molar-refractivity contribution < 1.29 is 19.1 Å². The van der Waals surface area contributed by atoms with Gasteiger partial charge in [-0.2, -0.15) is 0 Å². The Hall–Kier alpha value is -1.79. The van der Waals surface area contributed by atoms with Crippen molar-refractivity contribution in [3.63, 3.8) is 0 Å². The van der Waals surface area contributed by atoms with E-state index in [4.69, 9.17) is 9.47 Å². The van der Waals surface area contributed by atoms with Crippen LogP contribution >= 0.6 is 12.4 Å². The topological polar surface area (TPSA) is 76.7 Å². The smallest absolute Gasteiger partial charge is 0.340 e. The number of hydrogen-bond acceptors (Lipinski definition) is 5. The van der Waals surface area contributed by atoms with Crippen LogP contribution in [0.25, 0.3) is 0 Å². The Morgan fingerprint density at radius 1 is 1.23 bits per heavy atom. The van der Waals surface area contributed by atoms with E-state index in [1.165, 1.54) is 14.2 Å². The number of halogens is 1. The molecule has 0 bridgehead atoms. The molecule has 1 fully saturated rings. The molecule has 1 amide bonds. The molecule has 2 N–H and O–H groups in total. The van der Waals surface area contributed by atoms with Crippen LogP contribution in [0.15, 0.2) is 18.2 Å². The molecule has 0 aliphatic carbocycles. The summed E-state index contributed by atoms with van der Waals surface area (Å²) >= 11 is 0. The van der Waals surface area contributed by atoms with Gasteiger partial charge in [0.25, 0.3) is 0 Å². The lowest BCUT2D eigenvalue weighted by molar-refractivity contribution is -0.120. The van der Waals surface area contributed by atoms with Gasteiger partial charge in [0.1, 0.15) is 5.75 Å². The van der Waals surface area contributed by atoms with E-state index in [9.17, 15) is 9.59 Å². The Morgan fingerprint density at radius 3 is 2.50 bits per heavy atom. The summed E-state index contributed by atoms with van der Waals surface area (Å²) in [5.74, 6) is -0.0598. The minimum absolute atomic E-state index is 0. The number of amides is 1. The van der Waals surface area contributed by atoms with Gasteiger partial charge in [0.05, 0.1) is 25.5 Å². The molecule has 6 nitrogen and oxygen atoms in total. The number of anilines is 1. The van der Waals surface area contributed by atoms with Crippen LogP contribution in [0.4, 0.5) is 5.69 Å². The summed E-state index contributed by atoms with van der Waals surface area (Å²) in [6, 6.07) is 4.92. The number of benzene rings is 1. The lowest BCUT2D eigenvalue weighted by atomic mass is 9.97. The summed E-state index contributed by atoms with van der Waals surface area (Å²) in [6.07, 6.45) is 1.60.